The van der Waals surface area contributed by atoms with Crippen molar-refractivity contribution in [3.8, 4) is 12.3 Å². The molecule has 1 saturated heterocycles. The van der Waals surface area contributed by atoms with E-state index in [0.717, 1.165) is 19.3 Å². The van der Waals surface area contributed by atoms with Crippen LogP contribution in [0.25, 0.3) is 0 Å². The number of urea groups is 1. The quantitative estimate of drug-likeness (QED) is 0.118. The van der Waals surface area contributed by atoms with Crippen LogP contribution in [0.5, 0.6) is 0 Å². The Hall–Kier alpha value is -3.82. The summed E-state index contributed by atoms with van der Waals surface area (Å²) < 4.78 is 5.46. The zero-order valence-electron chi connectivity index (χ0n) is 32.9. The number of nitrogens with one attached hydrogen (secondary N) is 5. The minimum absolute atomic E-state index is 0.0535. The third kappa shape index (κ3) is 10.6. The average molecular weight is 729 g/mol. The second-order valence-corrected chi connectivity index (χ2v) is 17.4. The molecule has 5 N–H and O–H groups in total. The van der Waals surface area contributed by atoms with E-state index in [4.69, 9.17) is 11.2 Å². The molecule has 52 heavy (non-hydrogen) atoms. The molecular weight excluding hydrogens is 664 g/mol. The van der Waals surface area contributed by atoms with Gasteiger partial charge in [0.25, 0.3) is 5.91 Å². The lowest BCUT2D eigenvalue weighted by molar-refractivity contribution is -0.146. The minimum atomic E-state index is -1.14. The van der Waals surface area contributed by atoms with E-state index in [2.05, 4.69) is 46.4 Å². The maximum Gasteiger partial charge on any atom is 0.407 e. The minimum Gasteiger partial charge on any atom is -0.447 e. The van der Waals surface area contributed by atoms with Gasteiger partial charge in [-0.25, -0.2) is 9.59 Å². The van der Waals surface area contributed by atoms with E-state index in [1.54, 1.807) is 4.90 Å². The largest absolute Gasteiger partial charge is 0.447 e. The van der Waals surface area contributed by atoms with Gasteiger partial charge in [-0.2, -0.15) is 0 Å². The van der Waals surface area contributed by atoms with E-state index in [0.29, 0.717) is 38.9 Å². The molecule has 1 heterocycles. The van der Waals surface area contributed by atoms with E-state index < -0.39 is 64.7 Å². The molecule has 2 aliphatic carbocycles. The zero-order valence-corrected chi connectivity index (χ0v) is 32.9. The van der Waals surface area contributed by atoms with Crippen molar-refractivity contribution in [1.29, 1.82) is 0 Å². The van der Waals surface area contributed by atoms with Crippen LogP contribution in [0.15, 0.2) is 0 Å². The highest BCUT2D eigenvalue weighted by atomic mass is 16.5. The van der Waals surface area contributed by atoms with Crippen LogP contribution in [0.4, 0.5) is 9.59 Å². The topological polar surface area (TPSA) is 175 Å². The van der Waals surface area contributed by atoms with Gasteiger partial charge in [0.05, 0.1) is 12.1 Å². The van der Waals surface area contributed by atoms with Gasteiger partial charge in [-0.15, -0.1) is 12.3 Å². The fraction of sp³-hybridized carbons (Fsp3) is 0.795. The standard InChI is InChI=1S/C39H64N6O7/c1-11-13-17-26(30(46)33(48)40-20-12-2)42-32(47)29-28-25(38(28,8)9)22-45(29)34(49)31(39(10)18-15-14-16-19-39)44-35(50)43-27(37(5,6)7)23-52-36(51)41-21-24(3)4/h1,24-29,31H,12-23H2,2-10H3,(H,40,48)(H,41,51)(H,42,47)(H2,43,44,50)/t25?,26?,27-,28?,29+,31-/m1/s1. The lowest BCUT2D eigenvalue weighted by Crippen LogP contribution is -2.63. The Bertz CT molecular complexity index is 1360. The van der Waals surface area contributed by atoms with Crippen molar-refractivity contribution in [2.45, 2.75) is 138 Å². The molecule has 2 saturated carbocycles. The van der Waals surface area contributed by atoms with Crippen LogP contribution in [0.2, 0.25) is 0 Å². The second-order valence-electron chi connectivity index (χ2n) is 17.4. The van der Waals surface area contributed by atoms with Crippen molar-refractivity contribution in [1.82, 2.24) is 31.5 Å². The molecule has 0 aromatic heterocycles. The molecule has 0 radical (unpaired) electrons. The number of carbonyl (C=O) groups excluding carboxylic acids is 6. The number of terminal acetylenes is 1. The number of nitrogens with zero attached hydrogens (tertiary/aromatic N) is 1. The highest BCUT2D eigenvalue weighted by Gasteiger charge is 2.70. The molecule has 6 amide bonds. The molecule has 13 heteroatoms. The average Bonchev–Trinajstić information content (AvgIpc) is 3.38. The molecule has 292 valence electrons. The van der Waals surface area contributed by atoms with Crippen LogP contribution in [-0.2, 0) is 23.9 Å². The number of carbonyl (C=O) groups is 6. The number of amides is 6. The van der Waals surface area contributed by atoms with Crippen LogP contribution in [0.3, 0.4) is 0 Å². The first-order valence-corrected chi connectivity index (χ1v) is 19.1. The summed E-state index contributed by atoms with van der Waals surface area (Å²) >= 11 is 0. The van der Waals surface area contributed by atoms with Crippen LogP contribution in [0.1, 0.15) is 114 Å². The summed E-state index contributed by atoms with van der Waals surface area (Å²) in [5, 5.41) is 14.1. The first kappa shape index (κ1) is 42.6. The molecule has 3 fully saturated rings. The highest BCUT2D eigenvalue weighted by Crippen LogP contribution is 2.65. The zero-order chi connectivity index (χ0) is 39.0. The van der Waals surface area contributed by atoms with Crippen molar-refractivity contribution in [3.05, 3.63) is 0 Å². The number of alkyl carbamates (subject to hydrolysis) is 1. The fourth-order valence-electron chi connectivity index (χ4n) is 7.74. The van der Waals surface area contributed by atoms with Gasteiger partial charge in [0.1, 0.15) is 18.7 Å². The van der Waals surface area contributed by atoms with Gasteiger partial charge in [0.2, 0.25) is 17.6 Å². The number of ketones is 1. The van der Waals surface area contributed by atoms with Gasteiger partial charge in [-0.05, 0) is 59.7 Å². The predicted octanol–water partition coefficient (Wildman–Crippen LogP) is 3.90. The van der Waals surface area contributed by atoms with Gasteiger partial charge in [0, 0.05) is 26.1 Å². The molecule has 0 aromatic rings. The van der Waals surface area contributed by atoms with Gasteiger partial charge < -0.3 is 36.2 Å². The third-order valence-corrected chi connectivity index (χ3v) is 11.3. The Morgan fingerprint density at radius 3 is 2.19 bits per heavy atom. The van der Waals surface area contributed by atoms with E-state index in [1.807, 2.05) is 48.5 Å². The van der Waals surface area contributed by atoms with Crippen molar-refractivity contribution >= 4 is 35.6 Å². The summed E-state index contributed by atoms with van der Waals surface area (Å²) in [5.41, 5.74) is -1.29. The van der Waals surface area contributed by atoms with Crippen LogP contribution in [-0.4, -0.2) is 90.9 Å². The number of fused-ring (bicyclic) bond motifs is 1. The first-order valence-electron chi connectivity index (χ1n) is 19.1. The second kappa shape index (κ2) is 17.8. The summed E-state index contributed by atoms with van der Waals surface area (Å²) in [5.74, 6) is 0.190. The Morgan fingerprint density at radius 2 is 1.62 bits per heavy atom. The number of piperidine rings is 1. The molecule has 0 spiro atoms. The van der Waals surface area contributed by atoms with E-state index in [9.17, 15) is 28.8 Å². The summed E-state index contributed by atoms with van der Waals surface area (Å²) in [6.07, 6.45) is 10.1. The number of ether oxygens (including phenoxy) is 1. The van der Waals surface area contributed by atoms with Gasteiger partial charge in [0.15, 0.2) is 0 Å². The molecule has 1 aliphatic heterocycles. The molecular formula is C39H64N6O7. The normalized spacial score (nSPS) is 23.2. The number of hydrogen-bond acceptors (Lipinski definition) is 7. The molecule has 3 rings (SSSR count). The SMILES string of the molecule is C#CCCC(NC(=O)[C@@H]1C2C(CN1C(=O)[C@@H](NC(=O)N[C@H](COC(=O)NCC(C)C)C(C)(C)C)C1(C)CCCCC1)C2(C)C)C(=O)C(=O)NCCC. The molecule has 3 aliphatic rings. The smallest absolute Gasteiger partial charge is 0.407 e. The highest BCUT2D eigenvalue weighted by molar-refractivity contribution is 6.38. The monoisotopic (exact) mass is 728 g/mol. The maximum absolute atomic E-state index is 14.8. The summed E-state index contributed by atoms with van der Waals surface area (Å²) in [4.78, 5) is 82.5. The number of Topliss-reactive ketones (excluding diaryl/α,β-unsaturated/α-hetero) is 1. The Kier molecular flexibility index (Phi) is 14.6. The Balaban J connectivity index is 1.86. The molecule has 0 aromatic carbocycles. The van der Waals surface area contributed by atoms with Crippen LogP contribution in [0, 0.1) is 46.3 Å². The van der Waals surface area contributed by atoms with Crippen molar-refractivity contribution in [2.24, 2.45) is 34.0 Å². The van der Waals surface area contributed by atoms with E-state index in [-0.39, 0.29) is 48.5 Å². The van der Waals surface area contributed by atoms with Gasteiger partial charge in [-0.1, -0.05) is 81.6 Å². The third-order valence-electron chi connectivity index (χ3n) is 11.3. The Labute approximate surface area is 310 Å². The van der Waals surface area contributed by atoms with Crippen molar-refractivity contribution in [2.75, 3.05) is 26.2 Å². The van der Waals surface area contributed by atoms with Crippen LogP contribution >= 0.6 is 0 Å². The van der Waals surface area contributed by atoms with E-state index in [1.165, 1.54) is 0 Å². The molecule has 3 unspecified atom stereocenters. The predicted molar refractivity (Wildman–Crippen MR) is 199 cm³/mol. The van der Waals surface area contributed by atoms with Gasteiger partial charge >= 0.3 is 12.1 Å². The summed E-state index contributed by atoms with van der Waals surface area (Å²) in [6.45, 7) is 18.8. The number of rotatable bonds is 16. The lowest BCUT2D eigenvalue weighted by Gasteiger charge is -2.43. The Morgan fingerprint density at radius 1 is 0.962 bits per heavy atom. The number of hydrogen-bond donors (Lipinski definition) is 5. The number of likely N-dealkylation sites (tertiary alicyclic amines) is 1. The lowest BCUT2D eigenvalue weighted by atomic mass is 9.70. The first-order chi connectivity index (χ1) is 24.3. The van der Waals surface area contributed by atoms with Gasteiger partial charge in [-0.3, -0.25) is 19.2 Å². The fourth-order valence-corrected chi connectivity index (χ4v) is 7.74. The maximum atomic E-state index is 14.8. The van der Waals surface area contributed by atoms with Crippen molar-refractivity contribution < 1.29 is 33.5 Å². The van der Waals surface area contributed by atoms with E-state index >= 15 is 0 Å². The molecule has 0 bridgehead atoms. The summed E-state index contributed by atoms with van der Waals surface area (Å²) in [6, 6.07) is -4.12. The molecule has 6 atom stereocenters. The molecule has 13 nitrogen and oxygen atoms in total. The van der Waals surface area contributed by atoms with Crippen molar-refractivity contribution in [3.63, 3.8) is 0 Å². The summed E-state index contributed by atoms with van der Waals surface area (Å²) in [7, 11) is 0. The van der Waals surface area contributed by atoms with Crippen LogP contribution < -0.4 is 26.6 Å².